The SMILES string of the molecule is CCCCC(CC)COC(=O)C(C)Cl. The smallest absolute Gasteiger partial charge is 0.323 e. The van der Waals surface area contributed by atoms with Gasteiger partial charge in [0.1, 0.15) is 5.38 Å². The van der Waals surface area contributed by atoms with Crippen LogP contribution in [-0.4, -0.2) is 18.0 Å². The second-order valence-corrected chi connectivity index (χ2v) is 4.32. The molecule has 0 aromatic carbocycles. The summed E-state index contributed by atoms with van der Waals surface area (Å²) in [7, 11) is 0. The van der Waals surface area contributed by atoms with Gasteiger partial charge in [-0.3, -0.25) is 4.79 Å². The highest BCUT2D eigenvalue weighted by atomic mass is 35.5. The molecule has 2 nitrogen and oxygen atoms in total. The third-order valence-corrected chi connectivity index (χ3v) is 2.51. The second kappa shape index (κ2) is 8.10. The first-order valence-electron chi connectivity index (χ1n) is 5.42. The molecule has 0 bridgehead atoms. The van der Waals surface area contributed by atoms with Gasteiger partial charge in [-0.05, 0) is 19.3 Å². The maximum atomic E-state index is 11.1. The van der Waals surface area contributed by atoms with Crippen LogP contribution in [-0.2, 0) is 9.53 Å². The lowest BCUT2D eigenvalue weighted by atomic mass is 10.0. The molecule has 3 heteroatoms. The maximum Gasteiger partial charge on any atom is 0.323 e. The van der Waals surface area contributed by atoms with Gasteiger partial charge < -0.3 is 4.74 Å². The summed E-state index contributed by atoms with van der Waals surface area (Å²) in [5.41, 5.74) is 0. The van der Waals surface area contributed by atoms with Gasteiger partial charge >= 0.3 is 5.97 Å². The third-order valence-electron chi connectivity index (χ3n) is 2.33. The van der Waals surface area contributed by atoms with Crippen molar-refractivity contribution in [1.82, 2.24) is 0 Å². The molecular formula is C11H21ClO2. The predicted octanol–water partition coefficient (Wildman–Crippen LogP) is 3.37. The van der Waals surface area contributed by atoms with Crippen LogP contribution >= 0.6 is 11.6 Å². The van der Waals surface area contributed by atoms with E-state index in [1.165, 1.54) is 12.8 Å². The largest absolute Gasteiger partial charge is 0.464 e. The number of alkyl halides is 1. The first kappa shape index (κ1) is 13.8. The standard InChI is InChI=1S/C11H21ClO2/c1-4-6-7-10(5-2)8-14-11(13)9(3)12/h9-10H,4-8H2,1-3H3. The average molecular weight is 221 g/mol. The zero-order valence-corrected chi connectivity index (χ0v) is 10.1. The maximum absolute atomic E-state index is 11.1. The highest BCUT2D eigenvalue weighted by Gasteiger charge is 2.13. The van der Waals surface area contributed by atoms with Crippen molar-refractivity contribution in [3.8, 4) is 0 Å². The lowest BCUT2D eigenvalue weighted by Gasteiger charge is -2.14. The third kappa shape index (κ3) is 6.25. The van der Waals surface area contributed by atoms with Gasteiger partial charge in [0.2, 0.25) is 0 Å². The minimum absolute atomic E-state index is 0.304. The molecule has 0 aliphatic carbocycles. The summed E-state index contributed by atoms with van der Waals surface area (Å²) < 4.78 is 5.08. The Hall–Kier alpha value is -0.240. The van der Waals surface area contributed by atoms with E-state index >= 15 is 0 Å². The van der Waals surface area contributed by atoms with E-state index in [1.807, 2.05) is 0 Å². The molecule has 0 spiro atoms. The molecule has 0 aromatic rings. The van der Waals surface area contributed by atoms with Crippen LogP contribution in [0, 0.1) is 5.92 Å². The first-order valence-corrected chi connectivity index (χ1v) is 5.86. The topological polar surface area (TPSA) is 26.3 Å². The normalized spacial score (nSPS) is 14.9. The summed E-state index contributed by atoms with van der Waals surface area (Å²) in [5.74, 6) is 0.191. The molecule has 0 radical (unpaired) electrons. The summed E-state index contributed by atoms with van der Waals surface area (Å²) in [5, 5.41) is -0.529. The van der Waals surface area contributed by atoms with Gasteiger partial charge in [-0.15, -0.1) is 11.6 Å². The highest BCUT2D eigenvalue weighted by Crippen LogP contribution is 2.13. The minimum Gasteiger partial charge on any atom is -0.464 e. The summed E-state index contributed by atoms with van der Waals surface area (Å²) in [4.78, 5) is 11.1. The molecule has 0 aliphatic rings. The fourth-order valence-electron chi connectivity index (χ4n) is 1.21. The molecule has 2 atom stereocenters. The number of carbonyl (C=O) groups excluding carboxylic acids is 1. The van der Waals surface area contributed by atoms with E-state index in [0.29, 0.717) is 12.5 Å². The highest BCUT2D eigenvalue weighted by molar-refractivity contribution is 6.29. The van der Waals surface area contributed by atoms with Crippen molar-refractivity contribution in [3.63, 3.8) is 0 Å². The molecule has 0 aliphatic heterocycles. The van der Waals surface area contributed by atoms with Crippen molar-refractivity contribution in [1.29, 1.82) is 0 Å². The molecule has 14 heavy (non-hydrogen) atoms. The van der Waals surface area contributed by atoms with E-state index in [0.717, 1.165) is 12.8 Å². The van der Waals surface area contributed by atoms with Crippen LogP contribution in [0.4, 0.5) is 0 Å². The van der Waals surface area contributed by atoms with Gasteiger partial charge in [-0.2, -0.15) is 0 Å². The van der Waals surface area contributed by atoms with Crippen LogP contribution in [0.5, 0.6) is 0 Å². The van der Waals surface area contributed by atoms with Gasteiger partial charge in [0.15, 0.2) is 0 Å². The predicted molar refractivity (Wildman–Crippen MR) is 59.6 cm³/mol. The Morgan fingerprint density at radius 3 is 2.50 bits per heavy atom. The molecule has 0 fully saturated rings. The van der Waals surface area contributed by atoms with Crippen LogP contribution in [0.25, 0.3) is 0 Å². The lowest BCUT2D eigenvalue weighted by Crippen LogP contribution is -2.19. The van der Waals surface area contributed by atoms with E-state index in [9.17, 15) is 4.79 Å². The number of halogens is 1. The number of hydrogen-bond donors (Lipinski definition) is 0. The van der Waals surface area contributed by atoms with Crippen LogP contribution in [0.3, 0.4) is 0 Å². The molecule has 0 N–H and O–H groups in total. The van der Waals surface area contributed by atoms with Crippen molar-refractivity contribution < 1.29 is 9.53 Å². The molecule has 0 heterocycles. The summed E-state index contributed by atoms with van der Waals surface area (Å²) in [6.45, 7) is 6.45. The molecule has 0 aromatic heterocycles. The minimum atomic E-state index is -0.529. The summed E-state index contributed by atoms with van der Waals surface area (Å²) in [6.07, 6.45) is 4.59. The number of unbranched alkanes of at least 4 members (excludes halogenated alkanes) is 1. The molecule has 0 saturated carbocycles. The lowest BCUT2D eigenvalue weighted by molar-refractivity contribution is -0.144. The van der Waals surface area contributed by atoms with E-state index in [2.05, 4.69) is 13.8 Å². The Balaban J connectivity index is 3.66. The van der Waals surface area contributed by atoms with Gasteiger partial charge in [-0.1, -0.05) is 33.1 Å². The zero-order chi connectivity index (χ0) is 11.0. The molecule has 0 amide bonds. The molecule has 0 saturated heterocycles. The van der Waals surface area contributed by atoms with E-state index in [-0.39, 0.29) is 5.97 Å². The van der Waals surface area contributed by atoms with Crippen molar-refractivity contribution in [3.05, 3.63) is 0 Å². The Kier molecular flexibility index (Phi) is 7.96. The van der Waals surface area contributed by atoms with Gasteiger partial charge in [0, 0.05) is 0 Å². The quantitative estimate of drug-likeness (QED) is 0.486. The van der Waals surface area contributed by atoms with Crippen molar-refractivity contribution in [2.24, 2.45) is 5.92 Å². The first-order chi connectivity index (χ1) is 6.61. The monoisotopic (exact) mass is 220 g/mol. The van der Waals surface area contributed by atoms with Gasteiger partial charge in [-0.25, -0.2) is 0 Å². The number of ether oxygens (including phenoxy) is 1. The second-order valence-electron chi connectivity index (χ2n) is 3.66. The van der Waals surface area contributed by atoms with E-state index < -0.39 is 5.38 Å². The number of carbonyl (C=O) groups is 1. The average Bonchev–Trinajstić information content (AvgIpc) is 2.17. The molecule has 0 rings (SSSR count). The summed E-state index contributed by atoms with van der Waals surface area (Å²) >= 11 is 5.58. The number of esters is 1. The molecular weight excluding hydrogens is 200 g/mol. The van der Waals surface area contributed by atoms with Crippen molar-refractivity contribution >= 4 is 17.6 Å². The van der Waals surface area contributed by atoms with Gasteiger partial charge in [0.05, 0.1) is 6.61 Å². The zero-order valence-electron chi connectivity index (χ0n) is 9.38. The number of rotatable bonds is 7. The fraction of sp³-hybridized carbons (Fsp3) is 0.909. The Morgan fingerprint density at radius 1 is 1.43 bits per heavy atom. The molecule has 84 valence electrons. The Morgan fingerprint density at radius 2 is 2.07 bits per heavy atom. The number of hydrogen-bond acceptors (Lipinski definition) is 2. The molecule has 2 unspecified atom stereocenters. The van der Waals surface area contributed by atoms with Gasteiger partial charge in [0.25, 0.3) is 0 Å². The fourth-order valence-corrected chi connectivity index (χ4v) is 1.28. The Bertz CT molecular complexity index is 157. The van der Waals surface area contributed by atoms with Crippen molar-refractivity contribution in [2.75, 3.05) is 6.61 Å². The van der Waals surface area contributed by atoms with Crippen LogP contribution < -0.4 is 0 Å². The van der Waals surface area contributed by atoms with Crippen LogP contribution in [0.15, 0.2) is 0 Å². The van der Waals surface area contributed by atoms with E-state index in [4.69, 9.17) is 16.3 Å². The van der Waals surface area contributed by atoms with Crippen LogP contribution in [0.1, 0.15) is 46.5 Å². The van der Waals surface area contributed by atoms with Crippen LogP contribution in [0.2, 0.25) is 0 Å². The summed E-state index contributed by atoms with van der Waals surface area (Å²) in [6, 6.07) is 0. The Labute approximate surface area is 92.0 Å². The van der Waals surface area contributed by atoms with E-state index in [1.54, 1.807) is 6.92 Å². The van der Waals surface area contributed by atoms with Crippen molar-refractivity contribution in [2.45, 2.75) is 51.8 Å².